The first-order valence-corrected chi connectivity index (χ1v) is 17.9. The van der Waals surface area contributed by atoms with Gasteiger partial charge >= 0.3 is 5.97 Å². The van der Waals surface area contributed by atoms with Gasteiger partial charge in [-0.3, -0.25) is 24.0 Å². The van der Waals surface area contributed by atoms with Crippen molar-refractivity contribution in [3.8, 4) is 23.0 Å². The van der Waals surface area contributed by atoms with Crippen molar-refractivity contribution in [3.05, 3.63) is 136 Å². The Balaban J connectivity index is 1.13. The SMILES string of the molecule is CC/C(=C\c1ccc(F)cc1)C(=O)Nc1ccc(C(=O)NCC(=O)Nc2ccc(C(=O)Nc3ccc(C(=O)Nc4ccc(C(=O)O)c(O)c4OC)c(O)c3OC)cc2)cc1. The van der Waals surface area contributed by atoms with Crippen molar-refractivity contribution >= 4 is 64.3 Å². The fourth-order valence-electron chi connectivity index (χ4n) is 5.67. The van der Waals surface area contributed by atoms with Gasteiger partial charge in [-0.05, 0) is 103 Å². The molecule has 0 fully saturated rings. The number of amides is 5. The topological polar surface area (TPSA) is 242 Å². The number of halogens is 1. The molecule has 0 aromatic heterocycles. The summed E-state index contributed by atoms with van der Waals surface area (Å²) in [5.41, 5.74) is 1.47. The van der Waals surface area contributed by atoms with Crippen LogP contribution in [0.25, 0.3) is 6.08 Å². The first-order valence-electron chi connectivity index (χ1n) is 17.9. The second kappa shape index (κ2) is 19.3. The Hall–Kier alpha value is -8.21. The molecule has 0 aliphatic carbocycles. The third kappa shape index (κ3) is 10.4. The van der Waals surface area contributed by atoms with Gasteiger partial charge in [0.1, 0.15) is 11.4 Å². The number of nitrogens with one attached hydrogen (secondary N) is 5. The maximum absolute atomic E-state index is 13.2. The number of anilines is 4. The summed E-state index contributed by atoms with van der Waals surface area (Å²) < 4.78 is 23.6. The Labute approximate surface area is 341 Å². The van der Waals surface area contributed by atoms with Crippen LogP contribution in [0.1, 0.15) is 60.3 Å². The Morgan fingerprint density at radius 3 is 1.65 bits per heavy atom. The number of hydrogen-bond acceptors (Lipinski definition) is 10. The summed E-state index contributed by atoms with van der Waals surface area (Å²) >= 11 is 0. The predicted molar refractivity (Wildman–Crippen MR) is 219 cm³/mol. The van der Waals surface area contributed by atoms with Gasteiger partial charge in [0, 0.05) is 28.1 Å². The van der Waals surface area contributed by atoms with Gasteiger partial charge in [-0.2, -0.15) is 0 Å². The average molecular weight is 820 g/mol. The zero-order valence-corrected chi connectivity index (χ0v) is 32.2. The molecule has 0 aliphatic rings. The van der Waals surface area contributed by atoms with Crippen molar-refractivity contribution < 1.29 is 58.0 Å². The van der Waals surface area contributed by atoms with Crippen molar-refractivity contribution in [2.45, 2.75) is 13.3 Å². The molecule has 0 unspecified atom stereocenters. The zero-order chi connectivity index (χ0) is 43.5. The zero-order valence-electron chi connectivity index (χ0n) is 32.2. The third-order valence-corrected chi connectivity index (χ3v) is 8.77. The normalized spacial score (nSPS) is 10.8. The van der Waals surface area contributed by atoms with E-state index in [-0.39, 0.29) is 57.8 Å². The van der Waals surface area contributed by atoms with E-state index < -0.39 is 46.7 Å². The van der Waals surface area contributed by atoms with Gasteiger partial charge in [-0.15, -0.1) is 0 Å². The van der Waals surface area contributed by atoms with E-state index in [1.165, 1.54) is 73.8 Å². The highest BCUT2D eigenvalue weighted by atomic mass is 19.1. The van der Waals surface area contributed by atoms with Crippen molar-refractivity contribution in [3.63, 3.8) is 0 Å². The molecule has 0 bridgehead atoms. The van der Waals surface area contributed by atoms with Gasteiger partial charge < -0.3 is 51.4 Å². The summed E-state index contributed by atoms with van der Waals surface area (Å²) in [6, 6.07) is 22.3. The Morgan fingerprint density at radius 2 is 1.12 bits per heavy atom. The number of methoxy groups -OCH3 is 2. The maximum atomic E-state index is 13.2. The highest BCUT2D eigenvalue weighted by molar-refractivity contribution is 6.11. The van der Waals surface area contributed by atoms with Crippen LogP contribution in [-0.2, 0) is 9.59 Å². The number of ether oxygens (including phenoxy) is 2. The van der Waals surface area contributed by atoms with E-state index in [2.05, 4.69) is 26.6 Å². The molecule has 0 saturated carbocycles. The van der Waals surface area contributed by atoms with Gasteiger partial charge in [0.05, 0.1) is 37.7 Å². The van der Waals surface area contributed by atoms with Crippen LogP contribution < -0.4 is 36.1 Å². The van der Waals surface area contributed by atoms with Crippen molar-refractivity contribution in [2.75, 3.05) is 42.0 Å². The van der Waals surface area contributed by atoms with Gasteiger partial charge in [0.25, 0.3) is 23.6 Å². The van der Waals surface area contributed by atoms with E-state index >= 15 is 0 Å². The standard InChI is InChI=1S/C43H38FN5O11/c1-4-24(21-23-5-11-27(44)12-6-23)40(54)47-29-15-7-25(8-16-29)39(53)45-22-34(50)46-28-13-9-26(10-14-28)41(55)48-32-19-17-30(35(51)37(32)59-2)42(56)49-33-20-18-31(43(57)58)36(52)38(33)60-3/h5-21,51-52H,4,22H2,1-3H3,(H,45,53)(H,46,50)(H,47,54)(H,48,55)(H,49,56)(H,57,58)/b24-21+. The van der Waals surface area contributed by atoms with Crippen LogP contribution in [0.5, 0.6) is 23.0 Å². The molecule has 0 spiro atoms. The number of carbonyl (C=O) groups is 6. The fraction of sp³-hybridized carbons (Fsp3) is 0.116. The fourth-order valence-corrected chi connectivity index (χ4v) is 5.67. The Morgan fingerprint density at radius 1 is 0.617 bits per heavy atom. The largest absolute Gasteiger partial charge is 0.504 e. The van der Waals surface area contributed by atoms with Gasteiger partial charge in [0.2, 0.25) is 5.91 Å². The van der Waals surface area contributed by atoms with Crippen molar-refractivity contribution in [1.82, 2.24) is 5.32 Å². The van der Waals surface area contributed by atoms with Crippen molar-refractivity contribution in [1.29, 1.82) is 0 Å². The van der Waals surface area contributed by atoms with E-state index in [1.807, 2.05) is 6.92 Å². The molecule has 60 heavy (non-hydrogen) atoms. The maximum Gasteiger partial charge on any atom is 0.339 e. The van der Waals surface area contributed by atoms with Gasteiger partial charge in [0.15, 0.2) is 23.0 Å². The number of rotatable bonds is 15. The van der Waals surface area contributed by atoms with Crippen LogP contribution in [-0.4, -0.2) is 71.6 Å². The molecule has 5 rings (SSSR count). The number of hydrogen-bond donors (Lipinski definition) is 8. The lowest BCUT2D eigenvalue weighted by molar-refractivity contribution is -0.115. The highest BCUT2D eigenvalue weighted by Crippen LogP contribution is 2.40. The monoisotopic (exact) mass is 819 g/mol. The molecule has 0 radical (unpaired) electrons. The molecule has 0 saturated heterocycles. The lowest BCUT2D eigenvalue weighted by atomic mass is 10.1. The van der Waals surface area contributed by atoms with Crippen molar-refractivity contribution in [2.24, 2.45) is 0 Å². The molecule has 0 atom stereocenters. The predicted octanol–water partition coefficient (Wildman–Crippen LogP) is 6.26. The molecular formula is C43H38FN5O11. The second-order valence-electron chi connectivity index (χ2n) is 12.7. The minimum atomic E-state index is -1.42. The molecule has 0 heterocycles. The minimum absolute atomic E-state index is 0.00593. The number of carboxylic acids is 1. The lowest BCUT2D eigenvalue weighted by Gasteiger charge is -2.16. The van der Waals surface area contributed by atoms with E-state index in [4.69, 9.17) is 9.47 Å². The first-order chi connectivity index (χ1) is 28.7. The van der Waals surface area contributed by atoms with E-state index in [0.717, 1.165) is 13.2 Å². The molecule has 8 N–H and O–H groups in total. The molecule has 17 heteroatoms. The summed E-state index contributed by atoms with van der Waals surface area (Å²) in [5, 5.41) is 43.3. The summed E-state index contributed by atoms with van der Waals surface area (Å²) in [5.74, 6) is -6.67. The van der Waals surface area contributed by atoms with Gasteiger partial charge in [-0.25, -0.2) is 9.18 Å². The highest BCUT2D eigenvalue weighted by Gasteiger charge is 2.24. The molecule has 5 aromatic carbocycles. The van der Waals surface area contributed by atoms with E-state index in [0.29, 0.717) is 28.9 Å². The lowest BCUT2D eigenvalue weighted by Crippen LogP contribution is -2.32. The summed E-state index contributed by atoms with van der Waals surface area (Å²) in [7, 11) is 2.37. The number of carboxylic acid groups (broad SMARTS) is 1. The molecule has 5 amide bonds. The first kappa shape index (κ1) is 42.9. The van der Waals surface area contributed by atoms with E-state index in [1.54, 1.807) is 30.3 Å². The number of benzene rings is 5. The number of aromatic carboxylic acids is 1. The van der Waals surface area contributed by atoms with Crippen LogP contribution in [0, 0.1) is 5.82 Å². The third-order valence-electron chi connectivity index (χ3n) is 8.77. The summed E-state index contributed by atoms with van der Waals surface area (Å²) in [6.07, 6.45) is 2.09. The second-order valence-corrected chi connectivity index (χ2v) is 12.7. The quantitative estimate of drug-likeness (QED) is 0.0549. The molecule has 16 nitrogen and oxygen atoms in total. The number of phenols is 2. The number of carbonyl (C=O) groups excluding carboxylic acids is 5. The van der Waals surface area contributed by atoms with Crippen LogP contribution >= 0.6 is 0 Å². The van der Waals surface area contributed by atoms with Crippen LogP contribution in [0.3, 0.4) is 0 Å². The molecule has 0 aliphatic heterocycles. The summed E-state index contributed by atoms with van der Waals surface area (Å²) in [6.45, 7) is 1.44. The average Bonchev–Trinajstić information content (AvgIpc) is 3.23. The Bertz CT molecular complexity index is 2490. The number of phenolic OH excluding ortho intramolecular Hbond substituents is 1. The van der Waals surface area contributed by atoms with E-state index in [9.17, 15) is 48.5 Å². The van der Waals surface area contributed by atoms with Crippen LogP contribution in [0.15, 0.2) is 103 Å². The minimum Gasteiger partial charge on any atom is -0.504 e. The smallest absolute Gasteiger partial charge is 0.339 e. The van der Waals surface area contributed by atoms with Crippen LogP contribution in [0.4, 0.5) is 27.1 Å². The molecule has 308 valence electrons. The van der Waals surface area contributed by atoms with Gasteiger partial charge in [-0.1, -0.05) is 19.1 Å². The molecular weight excluding hydrogens is 781 g/mol. The molecule has 5 aromatic rings. The Kier molecular flexibility index (Phi) is 13.8. The summed E-state index contributed by atoms with van der Waals surface area (Å²) in [4.78, 5) is 75.6. The number of aromatic hydroxyl groups is 2. The van der Waals surface area contributed by atoms with Crippen LogP contribution in [0.2, 0.25) is 0 Å².